The van der Waals surface area contributed by atoms with Crippen LogP contribution in [-0.2, 0) is 9.84 Å². The Morgan fingerprint density at radius 3 is 2.86 bits per heavy atom. The molecule has 0 bridgehead atoms. The summed E-state index contributed by atoms with van der Waals surface area (Å²) in [6.45, 7) is 0. The third-order valence-electron chi connectivity index (χ3n) is 3.44. The molecule has 1 N–H and O–H groups in total. The lowest BCUT2D eigenvalue weighted by Gasteiger charge is -2.11. The zero-order chi connectivity index (χ0) is 14.9. The quantitative estimate of drug-likeness (QED) is 0.909. The number of amides is 1. The number of hydrogen-bond acceptors (Lipinski definition) is 4. The van der Waals surface area contributed by atoms with Crippen molar-refractivity contribution in [2.45, 2.75) is 12.5 Å². The van der Waals surface area contributed by atoms with Gasteiger partial charge in [0.1, 0.15) is 0 Å². The number of carbonyl (C=O) groups is 1. The highest BCUT2D eigenvalue weighted by Crippen LogP contribution is 2.14. The van der Waals surface area contributed by atoms with E-state index in [1.54, 1.807) is 41.3 Å². The first kappa shape index (κ1) is 13.8. The van der Waals surface area contributed by atoms with Crippen LogP contribution in [0.2, 0.25) is 0 Å². The summed E-state index contributed by atoms with van der Waals surface area (Å²) in [7, 11) is -3.00. The number of carbonyl (C=O) groups excluding carboxylic acids is 1. The molecule has 1 unspecified atom stereocenters. The third-order valence-corrected chi connectivity index (χ3v) is 5.21. The summed E-state index contributed by atoms with van der Waals surface area (Å²) < 4.78 is 24.5. The second kappa shape index (κ2) is 5.33. The minimum Gasteiger partial charge on any atom is -0.348 e. The van der Waals surface area contributed by atoms with Gasteiger partial charge in [0, 0.05) is 24.0 Å². The molecule has 1 amide bonds. The van der Waals surface area contributed by atoms with Crippen LogP contribution in [0.1, 0.15) is 16.8 Å². The Balaban J connectivity index is 1.75. The Morgan fingerprint density at radius 2 is 2.19 bits per heavy atom. The molecule has 0 radical (unpaired) electrons. The van der Waals surface area contributed by atoms with Gasteiger partial charge in [-0.1, -0.05) is 6.07 Å². The number of aromatic nitrogens is 2. The summed E-state index contributed by atoms with van der Waals surface area (Å²) in [5.74, 6) is -0.0887. The summed E-state index contributed by atoms with van der Waals surface area (Å²) in [4.78, 5) is 12.2. The summed E-state index contributed by atoms with van der Waals surface area (Å²) in [5, 5.41) is 6.89. The maximum atomic E-state index is 12.2. The van der Waals surface area contributed by atoms with Gasteiger partial charge in [-0.3, -0.25) is 4.79 Å². The highest BCUT2D eigenvalue weighted by molar-refractivity contribution is 7.91. The summed E-state index contributed by atoms with van der Waals surface area (Å²) in [6.07, 6.45) is 3.93. The average molecular weight is 305 g/mol. The molecular formula is C14H15N3O3S. The molecule has 1 atom stereocenters. The lowest BCUT2D eigenvalue weighted by Crippen LogP contribution is -2.35. The molecule has 1 fully saturated rings. The molecule has 0 spiro atoms. The van der Waals surface area contributed by atoms with E-state index in [0.29, 0.717) is 12.0 Å². The fourth-order valence-corrected chi connectivity index (χ4v) is 4.06. The number of sulfone groups is 1. The maximum Gasteiger partial charge on any atom is 0.251 e. The van der Waals surface area contributed by atoms with Crippen molar-refractivity contribution in [2.24, 2.45) is 0 Å². The minimum absolute atomic E-state index is 0.0254. The van der Waals surface area contributed by atoms with Crippen LogP contribution in [0, 0.1) is 0 Å². The van der Waals surface area contributed by atoms with Crippen LogP contribution in [0.5, 0.6) is 0 Å². The number of rotatable bonds is 3. The summed E-state index contributed by atoms with van der Waals surface area (Å²) in [5.41, 5.74) is 1.28. The normalized spacial score (nSPS) is 20.3. The zero-order valence-corrected chi connectivity index (χ0v) is 12.1. The lowest BCUT2D eigenvalue weighted by atomic mass is 10.1. The Labute approximate surface area is 122 Å². The molecule has 1 aromatic heterocycles. The molecule has 21 heavy (non-hydrogen) atoms. The van der Waals surface area contributed by atoms with Crippen molar-refractivity contribution in [1.82, 2.24) is 15.1 Å². The van der Waals surface area contributed by atoms with Crippen molar-refractivity contribution in [1.29, 1.82) is 0 Å². The molecule has 1 saturated heterocycles. The highest BCUT2D eigenvalue weighted by atomic mass is 32.2. The van der Waals surface area contributed by atoms with Gasteiger partial charge in [0.2, 0.25) is 0 Å². The Bertz CT molecular complexity index is 754. The molecule has 2 aromatic rings. The topological polar surface area (TPSA) is 81.1 Å². The van der Waals surface area contributed by atoms with Crippen LogP contribution in [0.25, 0.3) is 5.69 Å². The van der Waals surface area contributed by atoms with Crippen molar-refractivity contribution in [2.75, 3.05) is 11.5 Å². The van der Waals surface area contributed by atoms with E-state index in [0.717, 1.165) is 5.69 Å². The van der Waals surface area contributed by atoms with Crippen LogP contribution >= 0.6 is 0 Å². The second-order valence-corrected chi connectivity index (χ2v) is 7.30. The number of hydrogen-bond donors (Lipinski definition) is 1. The number of nitrogens with one attached hydrogen (secondary N) is 1. The van der Waals surface area contributed by atoms with E-state index in [-0.39, 0.29) is 23.5 Å². The van der Waals surface area contributed by atoms with E-state index in [9.17, 15) is 13.2 Å². The monoisotopic (exact) mass is 305 g/mol. The van der Waals surface area contributed by atoms with Crippen LogP contribution in [0.4, 0.5) is 0 Å². The van der Waals surface area contributed by atoms with E-state index in [4.69, 9.17) is 0 Å². The van der Waals surface area contributed by atoms with Gasteiger partial charge in [-0.15, -0.1) is 0 Å². The highest BCUT2D eigenvalue weighted by Gasteiger charge is 2.29. The molecule has 7 heteroatoms. The molecule has 3 rings (SSSR count). The van der Waals surface area contributed by atoms with Crippen LogP contribution in [0.3, 0.4) is 0 Å². The van der Waals surface area contributed by atoms with E-state index < -0.39 is 9.84 Å². The fraction of sp³-hybridized carbons (Fsp3) is 0.286. The van der Waals surface area contributed by atoms with Gasteiger partial charge in [-0.05, 0) is 30.7 Å². The third kappa shape index (κ3) is 3.13. The molecule has 0 aliphatic carbocycles. The zero-order valence-electron chi connectivity index (χ0n) is 11.3. The first-order valence-electron chi connectivity index (χ1n) is 6.65. The number of nitrogens with zero attached hydrogens (tertiary/aromatic N) is 2. The average Bonchev–Trinajstić information content (AvgIpc) is 3.09. The Kier molecular flexibility index (Phi) is 3.50. The summed E-state index contributed by atoms with van der Waals surface area (Å²) in [6, 6.07) is 8.56. The van der Waals surface area contributed by atoms with Gasteiger partial charge >= 0.3 is 0 Å². The summed E-state index contributed by atoms with van der Waals surface area (Å²) >= 11 is 0. The van der Waals surface area contributed by atoms with Crippen LogP contribution in [-0.4, -0.2) is 41.7 Å². The van der Waals surface area contributed by atoms with E-state index in [2.05, 4.69) is 10.4 Å². The SMILES string of the molecule is O=C(NC1CCS(=O)(=O)C1)c1cccc(-n2cccn2)c1. The Morgan fingerprint density at radius 1 is 1.33 bits per heavy atom. The van der Waals surface area contributed by atoms with Gasteiger partial charge in [0.25, 0.3) is 5.91 Å². The van der Waals surface area contributed by atoms with Gasteiger partial charge in [-0.25, -0.2) is 13.1 Å². The first-order chi connectivity index (χ1) is 10.0. The van der Waals surface area contributed by atoms with Crippen molar-refractivity contribution in [3.63, 3.8) is 0 Å². The van der Waals surface area contributed by atoms with E-state index >= 15 is 0 Å². The van der Waals surface area contributed by atoms with Crippen LogP contribution < -0.4 is 5.32 Å². The molecular weight excluding hydrogens is 290 g/mol. The molecule has 1 aliphatic heterocycles. The van der Waals surface area contributed by atoms with Crippen molar-refractivity contribution >= 4 is 15.7 Å². The standard InChI is InChI=1S/C14H15N3O3S/c18-14(16-12-5-8-21(19,20)10-12)11-3-1-4-13(9-11)17-7-2-6-15-17/h1-4,6-7,9,12H,5,8,10H2,(H,16,18). The molecule has 1 aliphatic rings. The molecule has 6 nitrogen and oxygen atoms in total. The Hall–Kier alpha value is -2.15. The van der Waals surface area contributed by atoms with Crippen molar-refractivity contribution < 1.29 is 13.2 Å². The first-order valence-corrected chi connectivity index (χ1v) is 8.47. The lowest BCUT2D eigenvalue weighted by molar-refractivity contribution is 0.0941. The minimum atomic E-state index is -3.00. The van der Waals surface area contributed by atoms with Crippen LogP contribution in [0.15, 0.2) is 42.7 Å². The van der Waals surface area contributed by atoms with Gasteiger partial charge in [0.15, 0.2) is 9.84 Å². The smallest absolute Gasteiger partial charge is 0.251 e. The largest absolute Gasteiger partial charge is 0.348 e. The molecule has 110 valence electrons. The second-order valence-electron chi connectivity index (χ2n) is 5.07. The molecule has 0 saturated carbocycles. The van der Waals surface area contributed by atoms with Gasteiger partial charge < -0.3 is 5.32 Å². The van der Waals surface area contributed by atoms with E-state index in [1.807, 2.05) is 6.07 Å². The number of benzene rings is 1. The fourth-order valence-electron chi connectivity index (χ4n) is 2.39. The van der Waals surface area contributed by atoms with Gasteiger partial charge in [0.05, 0.1) is 17.2 Å². The van der Waals surface area contributed by atoms with E-state index in [1.165, 1.54) is 0 Å². The molecule has 1 aromatic carbocycles. The maximum absolute atomic E-state index is 12.2. The molecule has 2 heterocycles. The predicted molar refractivity (Wildman–Crippen MR) is 78.1 cm³/mol. The predicted octanol–water partition coefficient (Wildman–Crippen LogP) is 0.789. The van der Waals surface area contributed by atoms with Gasteiger partial charge in [-0.2, -0.15) is 5.10 Å². The van der Waals surface area contributed by atoms with Crippen molar-refractivity contribution in [3.8, 4) is 5.69 Å². The van der Waals surface area contributed by atoms with Crippen molar-refractivity contribution in [3.05, 3.63) is 48.3 Å².